The molecule has 0 amide bonds. The van der Waals surface area contributed by atoms with Gasteiger partial charge >= 0.3 is 5.97 Å². The fourth-order valence-electron chi connectivity index (χ4n) is 1.51. The number of aromatic carboxylic acids is 1. The van der Waals surface area contributed by atoms with Crippen molar-refractivity contribution in [3.63, 3.8) is 0 Å². The molecule has 0 bridgehead atoms. The van der Waals surface area contributed by atoms with Crippen LogP contribution in [-0.2, 0) is 0 Å². The van der Waals surface area contributed by atoms with Gasteiger partial charge in [-0.05, 0) is 46.5 Å². The summed E-state index contributed by atoms with van der Waals surface area (Å²) in [7, 11) is 0. The van der Waals surface area contributed by atoms with Crippen LogP contribution in [0.2, 0.25) is 0 Å². The fraction of sp³-hybridized carbons (Fsp3) is 0.417. The SMILES string of the molecule is O=C(O)c1ccc(OCCC2CC2)cc1Br. The molecular formula is C12H13BrO3. The Hall–Kier alpha value is -1.03. The highest BCUT2D eigenvalue weighted by atomic mass is 79.9. The molecule has 0 atom stereocenters. The third-order valence-electron chi connectivity index (χ3n) is 2.66. The first-order valence-corrected chi connectivity index (χ1v) is 6.12. The maximum Gasteiger partial charge on any atom is 0.336 e. The summed E-state index contributed by atoms with van der Waals surface area (Å²) in [4.78, 5) is 10.8. The van der Waals surface area contributed by atoms with Gasteiger partial charge in [-0.3, -0.25) is 0 Å². The minimum atomic E-state index is -0.934. The summed E-state index contributed by atoms with van der Waals surface area (Å²) in [5, 5.41) is 8.84. The molecule has 0 aromatic heterocycles. The first-order valence-electron chi connectivity index (χ1n) is 5.32. The normalized spacial score (nSPS) is 14.8. The van der Waals surface area contributed by atoms with Crippen molar-refractivity contribution in [3.8, 4) is 5.75 Å². The first-order chi connectivity index (χ1) is 7.66. The van der Waals surface area contributed by atoms with Gasteiger partial charge in [-0.15, -0.1) is 0 Å². The zero-order valence-corrected chi connectivity index (χ0v) is 10.4. The first kappa shape index (κ1) is 11.5. The Morgan fingerprint density at radius 1 is 1.50 bits per heavy atom. The number of benzene rings is 1. The summed E-state index contributed by atoms with van der Waals surface area (Å²) in [5.74, 6) is 0.635. The monoisotopic (exact) mass is 284 g/mol. The highest BCUT2D eigenvalue weighted by Gasteiger charge is 2.20. The zero-order valence-electron chi connectivity index (χ0n) is 8.78. The lowest BCUT2D eigenvalue weighted by Crippen LogP contribution is -2.01. The van der Waals surface area contributed by atoms with Crippen LogP contribution in [0.15, 0.2) is 22.7 Å². The molecular weight excluding hydrogens is 272 g/mol. The molecule has 3 nitrogen and oxygen atoms in total. The van der Waals surface area contributed by atoms with E-state index in [0.29, 0.717) is 11.1 Å². The van der Waals surface area contributed by atoms with Gasteiger partial charge in [-0.1, -0.05) is 12.8 Å². The molecule has 4 heteroatoms. The van der Waals surface area contributed by atoms with E-state index >= 15 is 0 Å². The van der Waals surface area contributed by atoms with Crippen LogP contribution in [0, 0.1) is 5.92 Å². The van der Waals surface area contributed by atoms with Gasteiger partial charge in [0.1, 0.15) is 5.75 Å². The van der Waals surface area contributed by atoms with E-state index in [9.17, 15) is 4.79 Å². The topological polar surface area (TPSA) is 46.5 Å². The summed E-state index contributed by atoms with van der Waals surface area (Å²) in [5.41, 5.74) is 0.259. The van der Waals surface area contributed by atoms with E-state index < -0.39 is 5.97 Å². The number of rotatable bonds is 5. The van der Waals surface area contributed by atoms with Crippen molar-refractivity contribution >= 4 is 21.9 Å². The van der Waals surface area contributed by atoms with Crippen molar-refractivity contribution in [1.82, 2.24) is 0 Å². The molecule has 1 fully saturated rings. The highest BCUT2D eigenvalue weighted by molar-refractivity contribution is 9.10. The third kappa shape index (κ3) is 2.98. The molecule has 86 valence electrons. The number of carbonyl (C=O) groups is 1. The second kappa shape index (κ2) is 4.87. The molecule has 0 saturated heterocycles. The average molecular weight is 285 g/mol. The second-order valence-electron chi connectivity index (χ2n) is 4.03. The van der Waals surface area contributed by atoms with E-state index in [-0.39, 0.29) is 5.56 Å². The number of ether oxygens (including phenoxy) is 1. The lowest BCUT2D eigenvalue weighted by atomic mass is 10.2. The maximum atomic E-state index is 10.8. The summed E-state index contributed by atoms with van der Waals surface area (Å²) >= 11 is 3.22. The van der Waals surface area contributed by atoms with Gasteiger partial charge in [0, 0.05) is 4.47 Å². The summed E-state index contributed by atoms with van der Waals surface area (Å²) < 4.78 is 6.11. The molecule has 1 aliphatic carbocycles. The lowest BCUT2D eigenvalue weighted by molar-refractivity contribution is 0.0696. The van der Waals surface area contributed by atoms with Gasteiger partial charge in [0.25, 0.3) is 0 Å². The van der Waals surface area contributed by atoms with E-state index in [4.69, 9.17) is 9.84 Å². The molecule has 1 aromatic carbocycles. The minimum Gasteiger partial charge on any atom is -0.494 e. The number of hydrogen-bond donors (Lipinski definition) is 1. The fourth-order valence-corrected chi connectivity index (χ4v) is 2.04. The molecule has 1 aliphatic rings. The molecule has 1 N–H and O–H groups in total. The molecule has 0 unspecified atom stereocenters. The van der Waals surface area contributed by atoms with Crippen LogP contribution in [-0.4, -0.2) is 17.7 Å². The Morgan fingerprint density at radius 3 is 2.81 bits per heavy atom. The summed E-state index contributed by atoms with van der Waals surface area (Å²) in [6.45, 7) is 0.712. The maximum absolute atomic E-state index is 10.8. The van der Waals surface area contributed by atoms with E-state index in [2.05, 4.69) is 15.9 Å². The number of halogens is 1. The van der Waals surface area contributed by atoms with E-state index in [1.54, 1.807) is 18.2 Å². The quantitative estimate of drug-likeness (QED) is 0.902. The Kier molecular flexibility index (Phi) is 3.49. The largest absolute Gasteiger partial charge is 0.494 e. The van der Waals surface area contributed by atoms with E-state index in [0.717, 1.165) is 18.1 Å². The molecule has 1 aromatic rings. The van der Waals surface area contributed by atoms with Crippen LogP contribution in [0.5, 0.6) is 5.75 Å². The van der Waals surface area contributed by atoms with Crippen LogP contribution in [0.1, 0.15) is 29.6 Å². The van der Waals surface area contributed by atoms with Gasteiger partial charge in [0.05, 0.1) is 12.2 Å². The standard InChI is InChI=1S/C12H13BrO3/c13-11-7-9(3-4-10(11)12(14)15)16-6-5-8-1-2-8/h3-4,7-8H,1-2,5-6H2,(H,14,15). The van der Waals surface area contributed by atoms with Crippen LogP contribution in [0.25, 0.3) is 0 Å². The Morgan fingerprint density at radius 2 is 2.25 bits per heavy atom. The number of hydrogen-bond acceptors (Lipinski definition) is 2. The van der Waals surface area contributed by atoms with Gasteiger partial charge in [0.15, 0.2) is 0 Å². The molecule has 2 rings (SSSR count). The van der Waals surface area contributed by atoms with Crippen LogP contribution in [0.4, 0.5) is 0 Å². The lowest BCUT2D eigenvalue weighted by Gasteiger charge is -2.07. The predicted molar refractivity (Wildman–Crippen MR) is 63.9 cm³/mol. The van der Waals surface area contributed by atoms with Crippen molar-refractivity contribution in [2.75, 3.05) is 6.61 Å². The van der Waals surface area contributed by atoms with E-state index in [1.807, 2.05) is 0 Å². The Bertz CT molecular complexity index is 399. The van der Waals surface area contributed by atoms with Crippen LogP contribution in [0.3, 0.4) is 0 Å². The Labute approximate surface area is 103 Å². The van der Waals surface area contributed by atoms with Crippen molar-refractivity contribution in [2.24, 2.45) is 5.92 Å². The zero-order chi connectivity index (χ0) is 11.5. The molecule has 0 heterocycles. The second-order valence-corrected chi connectivity index (χ2v) is 4.88. The summed E-state index contributed by atoms with van der Waals surface area (Å²) in [6.07, 6.45) is 3.74. The Balaban J connectivity index is 1.93. The van der Waals surface area contributed by atoms with Crippen molar-refractivity contribution in [2.45, 2.75) is 19.3 Å². The van der Waals surface area contributed by atoms with Gasteiger partial charge < -0.3 is 9.84 Å². The summed E-state index contributed by atoms with van der Waals surface area (Å²) in [6, 6.07) is 4.95. The molecule has 0 spiro atoms. The smallest absolute Gasteiger partial charge is 0.336 e. The van der Waals surface area contributed by atoms with Gasteiger partial charge in [-0.25, -0.2) is 4.79 Å². The van der Waals surface area contributed by atoms with Crippen molar-refractivity contribution < 1.29 is 14.6 Å². The average Bonchev–Trinajstić information content (AvgIpc) is 3.01. The van der Waals surface area contributed by atoms with Crippen molar-refractivity contribution in [1.29, 1.82) is 0 Å². The van der Waals surface area contributed by atoms with Crippen LogP contribution < -0.4 is 4.74 Å². The van der Waals surface area contributed by atoms with Gasteiger partial charge in [-0.2, -0.15) is 0 Å². The molecule has 0 radical (unpaired) electrons. The molecule has 1 saturated carbocycles. The number of carboxylic acids is 1. The molecule has 16 heavy (non-hydrogen) atoms. The predicted octanol–water partition coefficient (Wildman–Crippen LogP) is 3.33. The third-order valence-corrected chi connectivity index (χ3v) is 3.32. The highest BCUT2D eigenvalue weighted by Crippen LogP contribution is 2.32. The van der Waals surface area contributed by atoms with E-state index in [1.165, 1.54) is 12.8 Å². The van der Waals surface area contributed by atoms with Crippen molar-refractivity contribution in [3.05, 3.63) is 28.2 Å². The molecule has 0 aliphatic heterocycles. The number of carboxylic acid groups (broad SMARTS) is 1. The minimum absolute atomic E-state index is 0.259. The van der Waals surface area contributed by atoms with Gasteiger partial charge in [0.2, 0.25) is 0 Å². The van der Waals surface area contributed by atoms with Crippen LogP contribution >= 0.6 is 15.9 Å².